The summed E-state index contributed by atoms with van der Waals surface area (Å²) >= 11 is 1.06. The molecule has 1 saturated heterocycles. The SMILES string of the molecule is C=CCOC(=O)/C(C#N)=c1\s/c(=C/Nc2cccc(OCCN3CCOCC3)c2)c(=O)n1CC. The molecule has 0 atom stereocenters. The van der Waals surface area contributed by atoms with E-state index < -0.39 is 5.97 Å². The van der Waals surface area contributed by atoms with Crippen LogP contribution < -0.4 is 24.8 Å². The van der Waals surface area contributed by atoms with Gasteiger partial charge in [-0.2, -0.15) is 5.26 Å². The van der Waals surface area contributed by atoms with Crippen LogP contribution >= 0.6 is 11.3 Å². The van der Waals surface area contributed by atoms with Gasteiger partial charge in [-0.05, 0) is 19.1 Å². The van der Waals surface area contributed by atoms with Crippen molar-refractivity contribution in [3.8, 4) is 11.8 Å². The molecule has 0 spiro atoms. The van der Waals surface area contributed by atoms with Crippen LogP contribution in [0.25, 0.3) is 11.8 Å². The van der Waals surface area contributed by atoms with Crippen molar-refractivity contribution >= 4 is 34.8 Å². The van der Waals surface area contributed by atoms with Crippen LogP contribution in [0.5, 0.6) is 5.75 Å². The molecule has 0 unspecified atom stereocenters. The number of nitriles is 1. The van der Waals surface area contributed by atoms with E-state index in [-0.39, 0.29) is 22.4 Å². The number of benzene rings is 1. The second-order valence-electron chi connectivity index (χ2n) is 7.31. The van der Waals surface area contributed by atoms with Crippen molar-refractivity contribution in [1.82, 2.24) is 9.47 Å². The number of carbonyl (C=O) groups is 1. The second kappa shape index (κ2) is 12.7. The lowest BCUT2D eigenvalue weighted by molar-refractivity contribution is -0.135. The third-order valence-corrected chi connectivity index (χ3v) is 6.20. The summed E-state index contributed by atoms with van der Waals surface area (Å²) in [5.74, 6) is -0.0677. The highest BCUT2D eigenvalue weighted by Crippen LogP contribution is 2.17. The van der Waals surface area contributed by atoms with E-state index in [0.29, 0.717) is 17.7 Å². The molecule has 34 heavy (non-hydrogen) atoms. The van der Waals surface area contributed by atoms with Crippen LogP contribution in [0, 0.1) is 11.3 Å². The number of nitrogens with one attached hydrogen (secondary N) is 1. The second-order valence-corrected chi connectivity index (χ2v) is 8.34. The summed E-state index contributed by atoms with van der Waals surface area (Å²) in [5.41, 5.74) is 0.245. The standard InChI is InChI=1S/C24H28N4O5S/c1-3-11-33-24(30)20(16-25)23-28(4-2)22(29)21(34-23)17-26-18-6-5-7-19(15-18)32-14-10-27-8-12-31-13-9-27/h3,5-7,15,17,26H,1,4,8-14H2,2H3/b21-17+,23-20-. The van der Waals surface area contributed by atoms with Crippen LogP contribution in [0.1, 0.15) is 6.92 Å². The molecule has 0 bridgehead atoms. The highest BCUT2D eigenvalue weighted by atomic mass is 32.1. The van der Waals surface area contributed by atoms with E-state index in [0.717, 1.165) is 55.6 Å². The molecule has 3 rings (SSSR count). The Balaban J connectivity index is 1.76. The van der Waals surface area contributed by atoms with Gasteiger partial charge >= 0.3 is 5.97 Å². The number of thiazole rings is 1. The monoisotopic (exact) mass is 484 g/mol. The van der Waals surface area contributed by atoms with Gasteiger partial charge in [0.25, 0.3) is 5.56 Å². The minimum Gasteiger partial charge on any atom is -0.492 e. The van der Waals surface area contributed by atoms with Crippen molar-refractivity contribution in [3.05, 3.63) is 56.5 Å². The summed E-state index contributed by atoms with van der Waals surface area (Å²) in [5, 5.41) is 12.6. The van der Waals surface area contributed by atoms with Crippen molar-refractivity contribution in [2.75, 3.05) is 51.4 Å². The van der Waals surface area contributed by atoms with Crippen molar-refractivity contribution in [2.24, 2.45) is 0 Å². The number of hydrogen-bond acceptors (Lipinski definition) is 9. The van der Waals surface area contributed by atoms with Crippen LogP contribution in [-0.2, 0) is 20.8 Å². The van der Waals surface area contributed by atoms with Gasteiger partial charge in [0.15, 0.2) is 5.57 Å². The van der Waals surface area contributed by atoms with Gasteiger partial charge in [0.1, 0.15) is 34.2 Å². The van der Waals surface area contributed by atoms with Crippen LogP contribution in [-0.4, -0.2) is 61.5 Å². The fraction of sp³-hybridized carbons (Fsp3) is 0.375. The molecule has 0 amide bonds. The van der Waals surface area contributed by atoms with Crippen LogP contribution in [0.2, 0.25) is 0 Å². The number of hydrogen-bond donors (Lipinski definition) is 1. The summed E-state index contributed by atoms with van der Waals surface area (Å²) in [6.07, 6.45) is 2.98. The van der Waals surface area contributed by atoms with Gasteiger partial charge in [-0.1, -0.05) is 18.7 Å². The Hall–Kier alpha value is -3.39. The highest BCUT2D eigenvalue weighted by Gasteiger charge is 2.16. The first-order valence-corrected chi connectivity index (χ1v) is 11.8. The van der Waals surface area contributed by atoms with E-state index >= 15 is 0 Å². The summed E-state index contributed by atoms with van der Waals surface area (Å²) in [7, 11) is 0. The van der Waals surface area contributed by atoms with Crippen LogP contribution in [0.15, 0.2) is 41.7 Å². The molecule has 0 saturated carbocycles. The van der Waals surface area contributed by atoms with Gasteiger partial charge in [-0.25, -0.2) is 4.79 Å². The number of anilines is 1. The zero-order valence-electron chi connectivity index (χ0n) is 19.1. The largest absolute Gasteiger partial charge is 0.492 e. The van der Waals surface area contributed by atoms with Gasteiger partial charge in [0, 0.05) is 44.1 Å². The Morgan fingerprint density at radius 2 is 2.18 bits per heavy atom. The molecule has 0 aliphatic carbocycles. The Morgan fingerprint density at radius 1 is 1.38 bits per heavy atom. The average molecular weight is 485 g/mol. The van der Waals surface area contributed by atoms with Gasteiger partial charge in [0.2, 0.25) is 0 Å². The fourth-order valence-electron chi connectivity index (χ4n) is 3.32. The van der Waals surface area contributed by atoms with Crippen molar-refractivity contribution in [2.45, 2.75) is 13.5 Å². The lowest BCUT2D eigenvalue weighted by Gasteiger charge is -2.26. The summed E-state index contributed by atoms with van der Waals surface area (Å²) < 4.78 is 18.2. The molecule has 1 aliphatic heterocycles. The lowest BCUT2D eigenvalue weighted by Crippen LogP contribution is -2.38. The Morgan fingerprint density at radius 3 is 2.88 bits per heavy atom. The van der Waals surface area contributed by atoms with Crippen molar-refractivity contribution < 1.29 is 19.0 Å². The summed E-state index contributed by atoms with van der Waals surface area (Å²) in [6.45, 7) is 10.3. The van der Waals surface area contributed by atoms with Crippen LogP contribution in [0.4, 0.5) is 5.69 Å². The van der Waals surface area contributed by atoms with Gasteiger partial charge in [-0.15, -0.1) is 11.3 Å². The molecule has 180 valence electrons. The van der Waals surface area contributed by atoms with E-state index in [1.165, 1.54) is 10.6 Å². The van der Waals surface area contributed by atoms with E-state index in [1.807, 2.05) is 30.3 Å². The summed E-state index contributed by atoms with van der Waals surface area (Å²) in [6, 6.07) is 9.31. The summed E-state index contributed by atoms with van der Waals surface area (Å²) in [4.78, 5) is 27.4. The molecular weight excluding hydrogens is 456 g/mol. The highest BCUT2D eigenvalue weighted by molar-refractivity contribution is 7.07. The Labute approximate surface area is 201 Å². The lowest BCUT2D eigenvalue weighted by atomic mass is 10.3. The first kappa shape index (κ1) is 25.2. The molecule has 1 aromatic heterocycles. The Bertz CT molecular complexity index is 1220. The molecule has 1 fully saturated rings. The zero-order chi connectivity index (χ0) is 24.3. The molecule has 1 aliphatic rings. The average Bonchev–Trinajstić information content (AvgIpc) is 3.17. The van der Waals surface area contributed by atoms with Gasteiger partial charge < -0.3 is 19.5 Å². The number of morpholine rings is 1. The third kappa shape index (κ3) is 6.57. The normalized spacial score (nSPS) is 15.4. The predicted molar refractivity (Wildman–Crippen MR) is 131 cm³/mol. The molecule has 1 aromatic carbocycles. The number of ether oxygens (including phenoxy) is 3. The molecule has 2 aromatic rings. The van der Waals surface area contributed by atoms with E-state index in [2.05, 4.69) is 16.8 Å². The van der Waals surface area contributed by atoms with E-state index in [4.69, 9.17) is 14.2 Å². The molecule has 2 heterocycles. The van der Waals surface area contributed by atoms with Crippen molar-refractivity contribution in [1.29, 1.82) is 5.26 Å². The molecule has 9 nitrogen and oxygen atoms in total. The molecule has 1 N–H and O–H groups in total. The zero-order valence-corrected chi connectivity index (χ0v) is 19.9. The van der Waals surface area contributed by atoms with E-state index in [9.17, 15) is 14.9 Å². The number of nitrogens with zero attached hydrogens (tertiary/aromatic N) is 3. The minimum absolute atomic E-state index is 0.0167. The minimum atomic E-state index is -0.785. The Kier molecular flexibility index (Phi) is 9.46. The van der Waals surface area contributed by atoms with Crippen molar-refractivity contribution in [3.63, 3.8) is 0 Å². The first-order chi connectivity index (χ1) is 16.6. The quantitative estimate of drug-likeness (QED) is 0.392. The molecular formula is C24H28N4O5S. The number of carbonyl (C=O) groups excluding carboxylic acids is 1. The number of esters is 1. The fourth-order valence-corrected chi connectivity index (χ4v) is 4.40. The maximum Gasteiger partial charge on any atom is 0.352 e. The molecule has 0 radical (unpaired) electrons. The van der Waals surface area contributed by atoms with Gasteiger partial charge in [0.05, 0.1) is 13.2 Å². The topological polar surface area (TPSA) is 106 Å². The number of rotatable bonds is 10. The first-order valence-electron chi connectivity index (χ1n) is 11.0. The predicted octanol–water partition coefficient (Wildman–Crippen LogP) is 0.894. The maximum absolute atomic E-state index is 12.8. The smallest absolute Gasteiger partial charge is 0.352 e. The molecule has 10 heteroatoms. The third-order valence-electron chi connectivity index (χ3n) is 5.07. The van der Waals surface area contributed by atoms with Crippen LogP contribution in [0.3, 0.4) is 0 Å². The van der Waals surface area contributed by atoms with E-state index in [1.54, 1.807) is 13.1 Å². The number of aromatic nitrogens is 1. The maximum atomic E-state index is 12.8. The van der Waals surface area contributed by atoms with Gasteiger partial charge in [-0.3, -0.25) is 14.3 Å².